The maximum Gasteiger partial charge on any atom is 0.338 e. The van der Waals surface area contributed by atoms with E-state index >= 15 is 0 Å². The summed E-state index contributed by atoms with van der Waals surface area (Å²) >= 11 is 8.50. The van der Waals surface area contributed by atoms with Crippen LogP contribution in [0, 0.1) is 0 Å². The molecule has 0 saturated heterocycles. The second-order valence-electron chi connectivity index (χ2n) is 9.28. The van der Waals surface area contributed by atoms with Crippen LogP contribution in [0.25, 0.3) is 27.0 Å². The Morgan fingerprint density at radius 2 is 1.57 bits per heavy atom. The Labute approximate surface area is 265 Å². The number of hydrogen-bond acceptors (Lipinski definition) is 9. The quantitative estimate of drug-likeness (QED) is 0.0994. The third kappa shape index (κ3) is 6.85. The summed E-state index contributed by atoms with van der Waals surface area (Å²) in [7, 11) is 0. The molecule has 2 heterocycles. The molecule has 5 rings (SSSR count). The molecule has 224 valence electrons. The van der Waals surface area contributed by atoms with Crippen LogP contribution in [0.2, 0.25) is 5.02 Å². The zero-order valence-electron chi connectivity index (χ0n) is 23.7. The van der Waals surface area contributed by atoms with Gasteiger partial charge in [-0.3, -0.25) is 14.2 Å². The van der Waals surface area contributed by atoms with Gasteiger partial charge in [-0.05, 0) is 61.9 Å². The summed E-state index contributed by atoms with van der Waals surface area (Å²) in [6.45, 7) is 3.63. The lowest BCUT2D eigenvalue weighted by Crippen LogP contribution is -2.22. The molecule has 0 saturated carbocycles. The fourth-order valence-corrected chi connectivity index (χ4v) is 6.33. The second-order valence-corrected chi connectivity index (χ2v) is 11.5. The SMILES string of the molecule is CCOC(=O)c1cc(NC(=O)CSc2nc3scc(-c4ccc(Cl)cc4)c3c(=O)n2-c2ccccc2)cc(C(=O)OCC)c1. The van der Waals surface area contributed by atoms with Crippen LogP contribution in [-0.2, 0) is 14.3 Å². The minimum atomic E-state index is -0.637. The highest BCUT2D eigenvalue weighted by Gasteiger charge is 2.20. The van der Waals surface area contributed by atoms with Crippen molar-refractivity contribution in [1.82, 2.24) is 9.55 Å². The molecule has 0 atom stereocenters. The van der Waals surface area contributed by atoms with Crippen LogP contribution in [0.1, 0.15) is 34.6 Å². The minimum absolute atomic E-state index is 0.0968. The second kappa shape index (κ2) is 13.9. The lowest BCUT2D eigenvalue weighted by atomic mass is 10.1. The van der Waals surface area contributed by atoms with E-state index in [1.807, 2.05) is 35.7 Å². The first-order valence-electron chi connectivity index (χ1n) is 13.6. The van der Waals surface area contributed by atoms with Crippen LogP contribution < -0.4 is 10.9 Å². The Bertz CT molecular complexity index is 1870. The molecule has 2 aromatic heterocycles. The van der Waals surface area contributed by atoms with E-state index in [-0.39, 0.29) is 41.3 Å². The van der Waals surface area contributed by atoms with Crippen molar-refractivity contribution in [2.45, 2.75) is 19.0 Å². The van der Waals surface area contributed by atoms with Crippen LogP contribution in [-0.4, -0.2) is 46.4 Å². The van der Waals surface area contributed by atoms with E-state index in [2.05, 4.69) is 5.32 Å². The Morgan fingerprint density at radius 3 is 2.18 bits per heavy atom. The number of anilines is 1. The lowest BCUT2D eigenvalue weighted by Gasteiger charge is -2.13. The van der Waals surface area contributed by atoms with Gasteiger partial charge in [-0.25, -0.2) is 14.6 Å². The first kappa shape index (κ1) is 31.0. The average Bonchev–Trinajstić information content (AvgIpc) is 3.45. The molecule has 44 heavy (non-hydrogen) atoms. The van der Waals surface area contributed by atoms with E-state index in [0.717, 1.165) is 22.9 Å². The predicted molar refractivity (Wildman–Crippen MR) is 173 cm³/mol. The monoisotopic (exact) mass is 647 g/mol. The number of fused-ring (bicyclic) bond motifs is 1. The van der Waals surface area contributed by atoms with E-state index < -0.39 is 17.8 Å². The molecule has 1 amide bonds. The van der Waals surface area contributed by atoms with Crippen molar-refractivity contribution < 1.29 is 23.9 Å². The fraction of sp³-hybridized carbons (Fsp3) is 0.156. The number of amides is 1. The highest BCUT2D eigenvalue weighted by atomic mass is 35.5. The molecule has 0 spiro atoms. The van der Waals surface area contributed by atoms with E-state index in [4.69, 9.17) is 26.1 Å². The molecule has 0 aliphatic carbocycles. The van der Waals surface area contributed by atoms with Gasteiger partial charge in [0.2, 0.25) is 5.91 Å². The average molecular weight is 648 g/mol. The molecule has 12 heteroatoms. The van der Waals surface area contributed by atoms with Crippen molar-refractivity contribution in [1.29, 1.82) is 0 Å². The van der Waals surface area contributed by atoms with Gasteiger partial charge in [0.05, 0.1) is 41.2 Å². The Morgan fingerprint density at radius 1 is 0.932 bits per heavy atom. The van der Waals surface area contributed by atoms with Gasteiger partial charge < -0.3 is 14.8 Å². The first-order valence-corrected chi connectivity index (χ1v) is 15.8. The normalized spacial score (nSPS) is 10.9. The Kier molecular flexibility index (Phi) is 9.78. The minimum Gasteiger partial charge on any atom is -0.462 e. The molecule has 5 aromatic rings. The molecule has 0 fully saturated rings. The number of nitrogens with one attached hydrogen (secondary N) is 1. The number of rotatable bonds is 10. The van der Waals surface area contributed by atoms with Crippen molar-refractivity contribution >= 4 is 68.4 Å². The number of aromatic nitrogens is 2. The van der Waals surface area contributed by atoms with Crippen LogP contribution in [0.3, 0.4) is 0 Å². The smallest absolute Gasteiger partial charge is 0.338 e. The fourth-order valence-electron chi connectivity index (χ4n) is 4.41. The molecule has 0 aliphatic heterocycles. The number of para-hydroxylation sites is 1. The molecular formula is C32H26ClN3O6S2. The number of thioether (sulfide) groups is 1. The highest BCUT2D eigenvalue weighted by molar-refractivity contribution is 7.99. The number of carbonyl (C=O) groups is 3. The van der Waals surface area contributed by atoms with E-state index in [1.54, 1.807) is 38.1 Å². The molecule has 0 bridgehead atoms. The van der Waals surface area contributed by atoms with E-state index in [1.165, 1.54) is 34.1 Å². The Balaban J connectivity index is 1.46. The molecular weight excluding hydrogens is 622 g/mol. The van der Waals surface area contributed by atoms with Crippen molar-refractivity contribution in [2.75, 3.05) is 24.3 Å². The first-order chi connectivity index (χ1) is 21.3. The van der Waals surface area contributed by atoms with Crippen molar-refractivity contribution in [3.63, 3.8) is 0 Å². The van der Waals surface area contributed by atoms with Gasteiger partial charge in [-0.2, -0.15) is 0 Å². The van der Waals surface area contributed by atoms with Crippen molar-refractivity contribution in [2.24, 2.45) is 0 Å². The largest absolute Gasteiger partial charge is 0.462 e. The van der Waals surface area contributed by atoms with Gasteiger partial charge >= 0.3 is 11.9 Å². The number of thiophene rings is 1. The number of esters is 2. The van der Waals surface area contributed by atoms with Crippen LogP contribution >= 0.6 is 34.7 Å². The van der Waals surface area contributed by atoms with Gasteiger partial charge in [0, 0.05) is 21.7 Å². The van der Waals surface area contributed by atoms with Crippen LogP contribution in [0.5, 0.6) is 0 Å². The van der Waals surface area contributed by atoms with Crippen LogP contribution in [0.15, 0.2) is 88.1 Å². The molecule has 1 N–H and O–H groups in total. The lowest BCUT2D eigenvalue weighted by molar-refractivity contribution is -0.113. The molecule has 0 aliphatic rings. The number of halogens is 1. The van der Waals surface area contributed by atoms with Gasteiger partial charge in [-0.15, -0.1) is 11.3 Å². The van der Waals surface area contributed by atoms with E-state index in [0.29, 0.717) is 26.1 Å². The van der Waals surface area contributed by atoms with Gasteiger partial charge in [0.15, 0.2) is 5.16 Å². The molecule has 9 nitrogen and oxygen atoms in total. The summed E-state index contributed by atoms with van der Waals surface area (Å²) in [4.78, 5) is 57.3. The van der Waals surface area contributed by atoms with Crippen molar-refractivity contribution in [3.8, 4) is 16.8 Å². The van der Waals surface area contributed by atoms with Crippen LogP contribution in [0.4, 0.5) is 5.69 Å². The summed E-state index contributed by atoms with van der Waals surface area (Å²) in [6.07, 6.45) is 0. The van der Waals surface area contributed by atoms with Gasteiger partial charge in [0.25, 0.3) is 5.56 Å². The Hall–Kier alpha value is -4.45. The molecule has 3 aromatic carbocycles. The predicted octanol–water partition coefficient (Wildman–Crippen LogP) is 6.85. The van der Waals surface area contributed by atoms with E-state index in [9.17, 15) is 19.2 Å². The number of nitrogens with zero attached hydrogens (tertiary/aromatic N) is 2. The molecule has 0 radical (unpaired) electrons. The topological polar surface area (TPSA) is 117 Å². The third-order valence-corrected chi connectivity index (χ3v) is 8.38. The number of ether oxygens (including phenoxy) is 2. The van der Waals surface area contributed by atoms with Gasteiger partial charge in [-0.1, -0.05) is 53.7 Å². The molecule has 0 unspecified atom stereocenters. The maximum atomic E-state index is 14.0. The number of benzene rings is 3. The zero-order chi connectivity index (χ0) is 31.2. The number of carbonyl (C=O) groups excluding carboxylic acids is 3. The van der Waals surface area contributed by atoms with Crippen molar-refractivity contribution in [3.05, 3.63) is 105 Å². The third-order valence-electron chi connectivity index (χ3n) is 6.32. The summed E-state index contributed by atoms with van der Waals surface area (Å²) in [5.74, 6) is -1.82. The highest BCUT2D eigenvalue weighted by Crippen LogP contribution is 2.33. The maximum absolute atomic E-state index is 14.0. The summed E-state index contributed by atoms with van der Waals surface area (Å²) in [5, 5.41) is 6.01. The van der Waals surface area contributed by atoms with Gasteiger partial charge in [0.1, 0.15) is 4.83 Å². The standard InChI is InChI=1S/C32H26ClN3O6S2/c1-3-41-30(39)20-14-21(31(40)42-4-2)16-23(15-20)34-26(37)18-44-32-35-28-27(29(38)36(32)24-8-6-5-7-9-24)25(17-43-28)19-10-12-22(33)13-11-19/h5-17H,3-4,18H2,1-2H3,(H,34,37). The summed E-state index contributed by atoms with van der Waals surface area (Å²) in [5.41, 5.74) is 2.34. The summed E-state index contributed by atoms with van der Waals surface area (Å²) < 4.78 is 11.6. The summed E-state index contributed by atoms with van der Waals surface area (Å²) in [6, 6.07) is 20.5. The number of hydrogen-bond donors (Lipinski definition) is 1. The zero-order valence-corrected chi connectivity index (χ0v) is 26.1.